The van der Waals surface area contributed by atoms with Gasteiger partial charge in [-0.3, -0.25) is 0 Å². The predicted octanol–water partition coefficient (Wildman–Crippen LogP) is 1.81. The number of rotatable bonds is 3. The van der Waals surface area contributed by atoms with Crippen LogP contribution in [0.5, 0.6) is 0 Å². The molecule has 0 spiro atoms. The van der Waals surface area contributed by atoms with E-state index >= 15 is 0 Å². The maximum atomic E-state index is 12.7. The highest BCUT2D eigenvalue weighted by Crippen LogP contribution is 2.31. The van der Waals surface area contributed by atoms with Gasteiger partial charge in [-0.05, 0) is 32.6 Å². The molecule has 19 heavy (non-hydrogen) atoms. The Hall–Kier alpha value is -0.850. The largest absolute Gasteiger partial charge is 0.465 e. The Balaban J connectivity index is 2.40. The van der Waals surface area contributed by atoms with Gasteiger partial charge < -0.3 is 9.52 Å². The summed E-state index contributed by atoms with van der Waals surface area (Å²) >= 11 is 0. The lowest BCUT2D eigenvalue weighted by molar-refractivity contribution is 0.273. The summed E-state index contributed by atoms with van der Waals surface area (Å²) in [6.45, 7) is 6.20. The average Bonchev–Trinajstić information content (AvgIpc) is 2.64. The molecule has 1 saturated heterocycles. The summed E-state index contributed by atoms with van der Waals surface area (Å²) in [5, 5.41) is 9.37. The van der Waals surface area contributed by atoms with Gasteiger partial charge in [0.25, 0.3) is 0 Å². The molecule has 1 aliphatic rings. The first-order valence-electron chi connectivity index (χ1n) is 6.57. The molecule has 0 aromatic carbocycles. The van der Waals surface area contributed by atoms with Gasteiger partial charge in [0.15, 0.2) is 0 Å². The number of aliphatic hydroxyl groups excluding tert-OH is 1. The van der Waals surface area contributed by atoms with Crippen molar-refractivity contribution in [1.29, 1.82) is 0 Å². The molecule has 2 heterocycles. The summed E-state index contributed by atoms with van der Waals surface area (Å²) in [7, 11) is -3.56. The van der Waals surface area contributed by atoms with Crippen molar-refractivity contribution in [3.63, 3.8) is 0 Å². The van der Waals surface area contributed by atoms with Crippen molar-refractivity contribution >= 4 is 10.0 Å². The molecule has 1 fully saturated rings. The van der Waals surface area contributed by atoms with E-state index in [-0.39, 0.29) is 11.5 Å². The van der Waals surface area contributed by atoms with Gasteiger partial charge in [0.2, 0.25) is 10.0 Å². The van der Waals surface area contributed by atoms with E-state index in [1.165, 1.54) is 4.31 Å². The first-order chi connectivity index (χ1) is 8.87. The van der Waals surface area contributed by atoms with Gasteiger partial charge in [-0.15, -0.1) is 0 Å². The molecule has 0 unspecified atom stereocenters. The molecule has 1 aromatic rings. The topological polar surface area (TPSA) is 70.8 Å². The minimum Gasteiger partial charge on any atom is -0.465 e. The molecular weight excluding hydrogens is 266 g/mol. The van der Waals surface area contributed by atoms with E-state index in [2.05, 4.69) is 6.92 Å². The van der Waals surface area contributed by atoms with Crippen molar-refractivity contribution in [3.8, 4) is 0 Å². The lowest BCUT2D eigenvalue weighted by Crippen LogP contribution is -2.38. The first kappa shape index (κ1) is 14.6. The molecule has 0 aliphatic carbocycles. The van der Waals surface area contributed by atoms with E-state index in [4.69, 9.17) is 4.42 Å². The standard InChI is InChI=1S/C13H21NO4S/c1-9-4-6-14(7-5-9)19(16,17)13-11(3)18-10(2)12(13)8-15/h9,15H,4-8H2,1-3H3. The lowest BCUT2D eigenvalue weighted by atomic mass is 10.0. The summed E-state index contributed by atoms with van der Waals surface area (Å²) in [6, 6.07) is 0. The third-order valence-corrected chi connectivity index (χ3v) is 5.92. The SMILES string of the molecule is Cc1oc(C)c(S(=O)(=O)N2CCC(C)CC2)c1CO. The number of sulfonamides is 1. The summed E-state index contributed by atoms with van der Waals surface area (Å²) in [4.78, 5) is 0.155. The number of hydrogen-bond donors (Lipinski definition) is 1. The van der Waals surface area contributed by atoms with Gasteiger partial charge >= 0.3 is 0 Å². The molecule has 5 nitrogen and oxygen atoms in total. The highest BCUT2D eigenvalue weighted by molar-refractivity contribution is 7.89. The number of aliphatic hydroxyl groups is 1. The van der Waals surface area contributed by atoms with Gasteiger partial charge in [0.05, 0.1) is 6.61 Å². The molecule has 0 atom stereocenters. The Labute approximate surface area is 114 Å². The zero-order chi connectivity index (χ0) is 14.2. The van der Waals surface area contributed by atoms with Crippen LogP contribution in [0.15, 0.2) is 9.31 Å². The Bertz CT molecular complexity index is 553. The predicted molar refractivity (Wildman–Crippen MR) is 71.3 cm³/mol. The maximum Gasteiger partial charge on any atom is 0.246 e. The maximum absolute atomic E-state index is 12.7. The van der Waals surface area contributed by atoms with Crippen molar-refractivity contribution in [2.75, 3.05) is 13.1 Å². The molecule has 1 N–H and O–H groups in total. The van der Waals surface area contributed by atoms with Gasteiger partial charge in [-0.25, -0.2) is 8.42 Å². The van der Waals surface area contributed by atoms with E-state index in [1.807, 2.05) is 0 Å². The van der Waals surface area contributed by atoms with Gasteiger partial charge in [0, 0.05) is 18.7 Å². The quantitative estimate of drug-likeness (QED) is 0.920. The number of hydrogen-bond acceptors (Lipinski definition) is 4. The van der Waals surface area contributed by atoms with Gasteiger partial charge in [0.1, 0.15) is 16.4 Å². The van der Waals surface area contributed by atoms with Crippen LogP contribution in [0.25, 0.3) is 0 Å². The molecule has 0 amide bonds. The Kier molecular flexibility index (Phi) is 4.03. The molecule has 1 aliphatic heterocycles. The van der Waals surface area contributed by atoms with Gasteiger partial charge in [-0.1, -0.05) is 6.92 Å². The third kappa shape index (κ3) is 2.57. The highest BCUT2D eigenvalue weighted by atomic mass is 32.2. The Morgan fingerprint density at radius 2 is 1.84 bits per heavy atom. The number of furan rings is 1. The number of piperidine rings is 1. The molecule has 0 bridgehead atoms. The van der Waals surface area contributed by atoms with Crippen molar-refractivity contribution in [2.45, 2.75) is 45.1 Å². The normalized spacial score (nSPS) is 18.9. The van der Waals surface area contributed by atoms with Crippen molar-refractivity contribution in [1.82, 2.24) is 4.31 Å². The van der Waals surface area contributed by atoms with Gasteiger partial charge in [-0.2, -0.15) is 4.31 Å². The zero-order valence-electron chi connectivity index (χ0n) is 11.6. The molecule has 108 valence electrons. The van der Waals surface area contributed by atoms with Crippen molar-refractivity contribution in [2.24, 2.45) is 5.92 Å². The summed E-state index contributed by atoms with van der Waals surface area (Å²) in [6.07, 6.45) is 1.76. The van der Waals surface area contributed by atoms with Crippen LogP contribution in [0.2, 0.25) is 0 Å². The molecule has 6 heteroatoms. The molecule has 0 saturated carbocycles. The second-order valence-corrected chi connectivity index (χ2v) is 7.14. The minimum atomic E-state index is -3.56. The van der Waals surface area contributed by atoms with E-state index in [0.29, 0.717) is 36.1 Å². The Morgan fingerprint density at radius 3 is 2.37 bits per heavy atom. The monoisotopic (exact) mass is 287 g/mol. The fraction of sp³-hybridized carbons (Fsp3) is 0.692. The van der Waals surface area contributed by atoms with Crippen LogP contribution in [0, 0.1) is 19.8 Å². The van der Waals surface area contributed by atoms with Crippen molar-refractivity contribution in [3.05, 3.63) is 17.1 Å². The fourth-order valence-corrected chi connectivity index (χ4v) is 4.46. The summed E-state index contributed by atoms with van der Waals surface area (Å²) < 4.78 is 32.2. The minimum absolute atomic E-state index is 0.155. The fourth-order valence-electron chi connectivity index (χ4n) is 2.58. The van der Waals surface area contributed by atoms with E-state index in [1.54, 1.807) is 13.8 Å². The van der Waals surface area contributed by atoms with E-state index < -0.39 is 10.0 Å². The van der Waals surface area contributed by atoms with Crippen LogP contribution < -0.4 is 0 Å². The van der Waals surface area contributed by atoms with Crippen molar-refractivity contribution < 1.29 is 17.9 Å². The summed E-state index contributed by atoms with van der Waals surface area (Å²) in [5.74, 6) is 1.40. The molecule has 0 radical (unpaired) electrons. The molecule has 2 rings (SSSR count). The summed E-state index contributed by atoms with van der Waals surface area (Å²) in [5.41, 5.74) is 0.385. The smallest absolute Gasteiger partial charge is 0.246 e. The highest BCUT2D eigenvalue weighted by Gasteiger charge is 2.33. The third-order valence-electron chi connectivity index (χ3n) is 3.82. The number of nitrogens with zero attached hydrogens (tertiary/aromatic N) is 1. The van der Waals surface area contributed by atoms with Crippen LogP contribution in [0.3, 0.4) is 0 Å². The van der Waals surface area contributed by atoms with Crippen LogP contribution >= 0.6 is 0 Å². The lowest BCUT2D eigenvalue weighted by Gasteiger charge is -2.29. The van der Waals surface area contributed by atoms with Crippen LogP contribution in [0.4, 0.5) is 0 Å². The molecular formula is C13H21NO4S. The second kappa shape index (κ2) is 5.26. The van der Waals surface area contributed by atoms with E-state index in [9.17, 15) is 13.5 Å². The molecule has 1 aromatic heterocycles. The Morgan fingerprint density at radius 1 is 1.26 bits per heavy atom. The van der Waals surface area contributed by atoms with Crippen LogP contribution in [-0.2, 0) is 16.6 Å². The zero-order valence-corrected chi connectivity index (χ0v) is 12.5. The number of aryl methyl sites for hydroxylation is 2. The first-order valence-corrected chi connectivity index (χ1v) is 8.01. The van der Waals surface area contributed by atoms with Crippen LogP contribution in [-0.4, -0.2) is 30.9 Å². The van der Waals surface area contributed by atoms with E-state index in [0.717, 1.165) is 12.8 Å². The average molecular weight is 287 g/mol. The second-order valence-electron chi connectivity index (χ2n) is 5.27. The van der Waals surface area contributed by atoms with Crippen LogP contribution in [0.1, 0.15) is 36.8 Å².